The largest absolute Gasteiger partial charge is 0.450 e. The molecule has 1 N–H and O–H groups in total. The molecule has 1 heterocycles. The van der Waals surface area contributed by atoms with Gasteiger partial charge in [0, 0.05) is 24.3 Å². The maximum absolute atomic E-state index is 12.2. The van der Waals surface area contributed by atoms with Crippen molar-refractivity contribution in [2.75, 3.05) is 23.4 Å². The van der Waals surface area contributed by atoms with E-state index in [4.69, 9.17) is 4.74 Å². The lowest BCUT2D eigenvalue weighted by molar-refractivity contribution is -0.118. The van der Waals surface area contributed by atoms with Crippen LogP contribution in [0.2, 0.25) is 0 Å². The number of ether oxygens (including phenoxy) is 1. The maximum Gasteiger partial charge on any atom is 0.411 e. The molecule has 22 heavy (non-hydrogen) atoms. The summed E-state index contributed by atoms with van der Waals surface area (Å²) in [7, 11) is 0. The molecule has 0 atom stereocenters. The van der Waals surface area contributed by atoms with Crippen LogP contribution >= 0.6 is 0 Å². The van der Waals surface area contributed by atoms with Crippen molar-refractivity contribution < 1.29 is 14.3 Å². The zero-order valence-electron chi connectivity index (χ0n) is 13.5. The van der Waals surface area contributed by atoms with Gasteiger partial charge < -0.3 is 9.64 Å². The Labute approximate surface area is 131 Å². The smallest absolute Gasteiger partial charge is 0.411 e. The van der Waals surface area contributed by atoms with Gasteiger partial charge in [-0.05, 0) is 49.4 Å². The molecule has 0 spiro atoms. The van der Waals surface area contributed by atoms with E-state index in [1.54, 1.807) is 6.92 Å². The van der Waals surface area contributed by atoms with Crippen LogP contribution < -0.4 is 10.2 Å². The summed E-state index contributed by atoms with van der Waals surface area (Å²) in [5.41, 5.74) is 2.76. The number of fused-ring (bicyclic) bond motifs is 1. The second-order valence-electron chi connectivity index (χ2n) is 5.92. The normalized spacial score (nSPS) is 14.0. The predicted molar refractivity (Wildman–Crippen MR) is 87.2 cm³/mol. The van der Waals surface area contributed by atoms with Crippen LogP contribution in [-0.4, -0.2) is 25.2 Å². The first-order valence-corrected chi connectivity index (χ1v) is 7.88. The van der Waals surface area contributed by atoms with E-state index in [-0.39, 0.29) is 5.91 Å². The minimum Gasteiger partial charge on any atom is -0.450 e. The van der Waals surface area contributed by atoms with Crippen LogP contribution in [0.4, 0.5) is 16.2 Å². The molecule has 0 unspecified atom stereocenters. The van der Waals surface area contributed by atoms with E-state index in [0.29, 0.717) is 31.1 Å². The fraction of sp³-hybridized carbons (Fsp3) is 0.529. The van der Waals surface area contributed by atoms with Crippen LogP contribution in [0.5, 0.6) is 0 Å². The predicted octanol–water partition coefficient (Wildman–Crippen LogP) is 3.58. The number of nitrogens with zero attached hydrogens (tertiary/aromatic N) is 1. The quantitative estimate of drug-likeness (QED) is 0.904. The zero-order chi connectivity index (χ0) is 16.1. The third kappa shape index (κ3) is 4.00. The average Bonchev–Trinajstić information content (AvgIpc) is 2.46. The number of amides is 2. The third-order valence-electron chi connectivity index (χ3n) is 3.73. The van der Waals surface area contributed by atoms with Crippen LogP contribution in [0.25, 0.3) is 0 Å². The number of nitrogens with one attached hydrogen (secondary N) is 1. The lowest BCUT2D eigenvalue weighted by Gasteiger charge is -2.30. The Hall–Kier alpha value is -2.04. The Morgan fingerprint density at radius 2 is 2.14 bits per heavy atom. The lowest BCUT2D eigenvalue weighted by atomic mass is 9.99. The van der Waals surface area contributed by atoms with Crippen molar-refractivity contribution in [1.29, 1.82) is 0 Å². The van der Waals surface area contributed by atoms with Crippen molar-refractivity contribution in [3.63, 3.8) is 0 Å². The highest BCUT2D eigenvalue weighted by atomic mass is 16.5. The van der Waals surface area contributed by atoms with E-state index in [2.05, 4.69) is 19.2 Å². The standard InChI is InChI=1S/C17H24N2O3/c1-4-22-17(21)18-14-6-7-15-13(11-14)5-8-16(20)19(15)10-9-12(2)3/h6-7,11-12H,4-5,8-10H2,1-3H3,(H,18,21). The molecular formula is C17H24N2O3. The number of carbonyl (C=O) groups excluding carboxylic acids is 2. The number of anilines is 2. The molecule has 0 bridgehead atoms. The molecule has 5 nitrogen and oxygen atoms in total. The first kappa shape index (κ1) is 16.3. The topological polar surface area (TPSA) is 58.6 Å². The van der Waals surface area contributed by atoms with Gasteiger partial charge in [0.15, 0.2) is 0 Å². The highest BCUT2D eigenvalue weighted by Crippen LogP contribution is 2.30. The van der Waals surface area contributed by atoms with E-state index in [0.717, 1.165) is 24.2 Å². The average molecular weight is 304 g/mol. The monoisotopic (exact) mass is 304 g/mol. The van der Waals surface area contributed by atoms with Crippen LogP contribution in [0.3, 0.4) is 0 Å². The van der Waals surface area contributed by atoms with E-state index in [9.17, 15) is 9.59 Å². The van der Waals surface area contributed by atoms with Crippen LogP contribution in [0.15, 0.2) is 18.2 Å². The Morgan fingerprint density at radius 1 is 1.36 bits per heavy atom. The van der Waals surface area contributed by atoms with E-state index >= 15 is 0 Å². The molecule has 0 fully saturated rings. The second-order valence-corrected chi connectivity index (χ2v) is 5.92. The first-order chi connectivity index (χ1) is 10.5. The van der Waals surface area contributed by atoms with Gasteiger partial charge in [-0.1, -0.05) is 13.8 Å². The summed E-state index contributed by atoms with van der Waals surface area (Å²) < 4.78 is 4.88. The molecular weight excluding hydrogens is 280 g/mol. The second kappa shape index (κ2) is 7.29. The summed E-state index contributed by atoms with van der Waals surface area (Å²) >= 11 is 0. The molecule has 1 aliphatic rings. The van der Waals surface area contributed by atoms with Gasteiger partial charge in [0.2, 0.25) is 5.91 Å². The van der Waals surface area contributed by atoms with Crippen LogP contribution in [-0.2, 0) is 16.0 Å². The zero-order valence-corrected chi connectivity index (χ0v) is 13.5. The molecule has 0 aliphatic carbocycles. The SMILES string of the molecule is CCOC(=O)Nc1ccc2c(c1)CCC(=O)N2CCC(C)C. The Kier molecular flexibility index (Phi) is 5.41. The van der Waals surface area contributed by atoms with Crippen molar-refractivity contribution in [2.45, 2.75) is 40.0 Å². The Morgan fingerprint density at radius 3 is 2.82 bits per heavy atom. The lowest BCUT2D eigenvalue weighted by Crippen LogP contribution is -2.36. The van der Waals surface area contributed by atoms with Gasteiger partial charge in [-0.2, -0.15) is 0 Å². The molecule has 1 aliphatic heterocycles. The number of benzene rings is 1. The summed E-state index contributed by atoms with van der Waals surface area (Å²) in [6.45, 7) is 7.16. The molecule has 0 saturated carbocycles. The van der Waals surface area contributed by atoms with Crippen molar-refractivity contribution in [2.24, 2.45) is 5.92 Å². The van der Waals surface area contributed by atoms with Gasteiger partial charge >= 0.3 is 6.09 Å². The van der Waals surface area contributed by atoms with Gasteiger partial charge in [-0.15, -0.1) is 0 Å². The van der Waals surface area contributed by atoms with E-state index < -0.39 is 6.09 Å². The molecule has 0 radical (unpaired) electrons. The number of hydrogen-bond donors (Lipinski definition) is 1. The first-order valence-electron chi connectivity index (χ1n) is 7.88. The van der Waals surface area contributed by atoms with Gasteiger partial charge in [0.05, 0.1) is 6.61 Å². The highest BCUT2D eigenvalue weighted by Gasteiger charge is 2.24. The van der Waals surface area contributed by atoms with Crippen molar-refractivity contribution in [3.8, 4) is 0 Å². The molecule has 0 aromatic heterocycles. The fourth-order valence-electron chi connectivity index (χ4n) is 2.56. The molecule has 120 valence electrons. The van der Waals surface area contributed by atoms with Crippen molar-refractivity contribution in [3.05, 3.63) is 23.8 Å². The summed E-state index contributed by atoms with van der Waals surface area (Å²) in [5, 5.41) is 2.70. The summed E-state index contributed by atoms with van der Waals surface area (Å²) in [4.78, 5) is 25.5. The summed E-state index contributed by atoms with van der Waals surface area (Å²) in [6.07, 6.45) is 1.76. The fourth-order valence-corrected chi connectivity index (χ4v) is 2.56. The minimum absolute atomic E-state index is 0.180. The molecule has 2 amide bonds. The van der Waals surface area contributed by atoms with Gasteiger partial charge in [0.25, 0.3) is 0 Å². The molecule has 1 aromatic carbocycles. The van der Waals surface area contributed by atoms with Gasteiger partial charge in [-0.3, -0.25) is 10.1 Å². The number of hydrogen-bond acceptors (Lipinski definition) is 3. The van der Waals surface area contributed by atoms with Crippen molar-refractivity contribution >= 4 is 23.4 Å². The van der Waals surface area contributed by atoms with E-state index in [1.165, 1.54) is 0 Å². The van der Waals surface area contributed by atoms with Gasteiger partial charge in [0.1, 0.15) is 0 Å². The highest BCUT2D eigenvalue weighted by molar-refractivity contribution is 5.97. The third-order valence-corrected chi connectivity index (χ3v) is 3.73. The molecule has 1 aromatic rings. The number of aryl methyl sites for hydroxylation is 1. The van der Waals surface area contributed by atoms with Crippen LogP contribution in [0.1, 0.15) is 39.2 Å². The summed E-state index contributed by atoms with van der Waals surface area (Å²) in [5.74, 6) is 0.738. The van der Waals surface area contributed by atoms with Gasteiger partial charge in [-0.25, -0.2) is 4.79 Å². The minimum atomic E-state index is -0.453. The van der Waals surface area contributed by atoms with Crippen molar-refractivity contribution in [1.82, 2.24) is 0 Å². The van der Waals surface area contributed by atoms with Crippen LogP contribution in [0, 0.1) is 5.92 Å². The maximum atomic E-state index is 12.2. The molecule has 0 saturated heterocycles. The Balaban J connectivity index is 2.15. The molecule has 2 rings (SSSR count). The number of rotatable bonds is 5. The molecule has 5 heteroatoms. The number of carbonyl (C=O) groups is 2. The Bertz CT molecular complexity index is 555. The summed E-state index contributed by atoms with van der Waals surface area (Å²) in [6, 6.07) is 5.66. The van der Waals surface area contributed by atoms with E-state index in [1.807, 2.05) is 23.1 Å².